The predicted octanol–water partition coefficient (Wildman–Crippen LogP) is 1.42. The van der Waals surface area contributed by atoms with Gasteiger partial charge in [-0.15, -0.1) is 20.4 Å². The average Bonchev–Trinajstić information content (AvgIpc) is 2.40. The molecule has 0 unspecified atom stereocenters. The smallest absolute Gasteiger partial charge is 0.338 e. The maximum Gasteiger partial charge on any atom is 0.338 e. The number of aromatic nitrogens is 4. The number of ether oxygens (including phenoxy) is 1. The van der Waals surface area contributed by atoms with E-state index < -0.39 is 5.97 Å². The topological polar surface area (TPSA) is 77.9 Å². The van der Waals surface area contributed by atoms with Crippen LogP contribution in [0.3, 0.4) is 0 Å². The lowest BCUT2D eigenvalue weighted by atomic mass is 10.1. The molecule has 0 aliphatic rings. The molecule has 2 rings (SSSR count). The van der Waals surface area contributed by atoms with Crippen LogP contribution in [0.1, 0.15) is 23.1 Å². The number of carbonyl (C=O) groups excluding carboxylic acids is 1. The number of benzene rings is 1. The molecule has 0 N–H and O–H groups in total. The van der Waals surface area contributed by atoms with Gasteiger partial charge in [-0.3, -0.25) is 0 Å². The Morgan fingerprint density at radius 1 is 1.17 bits per heavy atom. The van der Waals surface area contributed by atoms with Crippen molar-refractivity contribution >= 4 is 5.97 Å². The van der Waals surface area contributed by atoms with Crippen molar-refractivity contribution in [2.75, 3.05) is 6.61 Å². The van der Waals surface area contributed by atoms with Crippen LogP contribution in [0.4, 0.5) is 0 Å². The van der Waals surface area contributed by atoms with E-state index in [-0.39, 0.29) is 0 Å². The van der Waals surface area contributed by atoms with E-state index in [1.807, 2.05) is 0 Å². The Labute approximate surface area is 104 Å². The Morgan fingerprint density at radius 3 is 2.50 bits per heavy atom. The molecule has 2 aromatic rings. The molecule has 6 heteroatoms. The molecule has 0 amide bonds. The predicted molar refractivity (Wildman–Crippen MR) is 63.8 cm³/mol. The highest BCUT2D eigenvalue weighted by Crippen LogP contribution is 2.19. The van der Waals surface area contributed by atoms with Crippen molar-refractivity contribution in [2.45, 2.75) is 13.8 Å². The molecule has 0 atom stereocenters. The zero-order valence-corrected chi connectivity index (χ0v) is 10.1. The van der Waals surface area contributed by atoms with Crippen LogP contribution in [-0.2, 0) is 4.74 Å². The molecule has 6 nitrogen and oxygen atoms in total. The van der Waals surface area contributed by atoms with E-state index in [9.17, 15) is 4.79 Å². The van der Waals surface area contributed by atoms with Gasteiger partial charge < -0.3 is 4.74 Å². The minimum absolute atomic E-state index is 0.309. The van der Waals surface area contributed by atoms with Crippen molar-refractivity contribution in [2.24, 2.45) is 0 Å². The van der Waals surface area contributed by atoms with Crippen molar-refractivity contribution in [3.63, 3.8) is 0 Å². The molecule has 0 fully saturated rings. The third kappa shape index (κ3) is 2.48. The molecule has 0 aliphatic heterocycles. The van der Waals surface area contributed by atoms with Crippen LogP contribution in [0, 0.1) is 6.92 Å². The molecule has 1 aromatic carbocycles. The van der Waals surface area contributed by atoms with Gasteiger partial charge >= 0.3 is 5.97 Å². The molecule has 0 spiro atoms. The lowest BCUT2D eigenvalue weighted by molar-refractivity contribution is 0.0527. The van der Waals surface area contributed by atoms with E-state index >= 15 is 0 Å². The van der Waals surface area contributed by atoms with E-state index in [0.717, 1.165) is 0 Å². The first kappa shape index (κ1) is 12.1. The summed E-state index contributed by atoms with van der Waals surface area (Å²) in [6, 6.07) is 6.95. The Morgan fingerprint density at radius 2 is 1.83 bits per heavy atom. The molecule has 0 radical (unpaired) electrons. The molecule has 0 saturated heterocycles. The van der Waals surface area contributed by atoms with E-state index in [2.05, 4.69) is 20.4 Å². The van der Waals surface area contributed by atoms with Crippen LogP contribution in [0.2, 0.25) is 0 Å². The van der Waals surface area contributed by atoms with Crippen LogP contribution < -0.4 is 0 Å². The summed E-state index contributed by atoms with van der Waals surface area (Å²) < 4.78 is 4.98. The largest absolute Gasteiger partial charge is 0.462 e. The van der Waals surface area contributed by atoms with Crippen LogP contribution in [0.15, 0.2) is 24.3 Å². The molecular formula is C12H12N4O2. The fourth-order valence-electron chi connectivity index (χ4n) is 1.45. The van der Waals surface area contributed by atoms with Gasteiger partial charge in [0, 0.05) is 5.56 Å². The van der Waals surface area contributed by atoms with E-state index in [0.29, 0.717) is 29.4 Å². The van der Waals surface area contributed by atoms with Gasteiger partial charge in [-0.2, -0.15) is 0 Å². The van der Waals surface area contributed by atoms with Gasteiger partial charge in [-0.25, -0.2) is 4.79 Å². The fourth-order valence-corrected chi connectivity index (χ4v) is 1.45. The SMILES string of the molecule is CCOC(=O)c1ccccc1-c1nnc(C)nn1. The number of nitrogens with zero attached hydrogens (tertiary/aromatic N) is 4. The number of hydrogen-bond donors (Lipinski definition) is 0. The summed E-state index contributed by atoms with van der Waals surface area (Å²) in [5.74, 6) is 0.383. The zero-order chi connectivity index (χ0) is 13.0. The van der Waals surface area contributed by atoms with Crippen molar-refractivity contribution in [1.29, 1.82) is 0 Å². The quantitative estimate of drug-likeness (QED) is 0.760. The number of hydrogen-bond acceptors (Lipinski definition) is 6. The normalized spacial score (nSPS) is 10.1. The molecule has 1 heterocycles. The zero-order valence-electron chi connectivity index (χ0n) is 10.1. The highest BCUT2D eigenvalue weighted by atomic mass is 16.5. The van der Waals surface area contributed by atoms with Crippen molar-refractivity contribution in [3.8, 4) is 11.4 Å². The second kappa shape index (κ2) is 5.31. The van der Waals surface area contributed by atoms with Gasteiger partial charge in [0.25, 0.3) is 0 Å². The Balaban J connectivity index is 2.44. The van der Waals surface area contributed by atoms with Gasteiger partial charge in [-0.1, -0.05) is 18.2 Å². The van der Waals surface area contributed by atoms with E-state index in [1.54, 1.807) is 38.1 Å². The van der Waals surface area contributed by atoms with E-state index in [4.69, 9.17) is 4.74 Å². The highest BCUT2D eigenvalue weighted by Gasteiger charge is 2.15. The molecule has 0 aliphatic carbocycles. The molecular weight excluding hydrogens is 232 g/mol. The summed E-state index contributed by atoms with van der Waals surface area (Å²) in [5.41, 5.74) is 0.975. The van der Waals surface area contributed by atoms with Gasteiger partial charge in [0.05, 0.1) is 12.2 Å². The summed E-state index contributed by atoms with van der Waals surface area (Å²) >= 11 is 0. The first-order valence-corrected chi connectivity index (χ1v) is 5.53. The van der Waals surface area contributed by atoms with Crippen molar-refractivity contribution < 1.29 is 9.53 Å². The van der Waals surface area contributed by atoms with Crippen LogP contribution in [0.5, 0.6) is 0 Å². The average molecular weight is 244 g/mol. The Kier molecular flexibility index (Phi) is 3.57. The van der Waals surface area contributed by atoms with Crippen molar-refractivity contribution in [3.05, 3.63) is 35.7 Å². The molecule has 0 bridgehead atoms. The summed E-state index contributed by atoms with van der Waals surface area (Å²) in [7, 11) is 0. The first-order valence-electron chi connectivity index (χ1n) is 5.53. The summed E-state index contributed by atoms with van der Waals surface area (Å²) in [6.07, 6.45) is 0. The molecule has 92 valence electrons. The minimum atomic E-state index is -0.405. The van der Waals surface area contributed by atoms with Crippen molar-refractivity contribution in [1.82, 2.24) is 20.4 Å². The minimum Gasteiger partial charge on any atom is -0.462 e. The first-order chi connectivity index (χ1) is 8.72. The maximum absolute atomic E-state index is 11.8. The highest BCUT2D eigenvalue weighted by molar-refractivity contribution is 5.96. The van der Waals surface area contributed by atoms with Crippen LogP contribution in [0.25, 0.3) is 11.4 Å². The fraction of sp³-hybridized carbons (Fsp3) is 0.250. The molecule has 1 aromatic heterocycles. The summed E-state index contributed by atoms with van der Waals surface area (Å²) in [5, 5.41) is 15.5. The third-order valence-electron chi connectivity index (χ3n) is 2.24. The second-order valence-corrected chi connectivity index (χ2v) is 3.54. The molecule has 0 saturated carbocycles. The van der Waals surface area contributed by atoms with Gasteiger partial charge in [0.1, 0.15) is 0 Å². The number of rotatable bonds is 3. The number of aryl methyl sites for hydroxylation is 1. The second-order valence-electron chi connectivity index (χ2n) is 3.54. The maximum atomic E-state index is 11.8. The Bertz CT molecular complexity index is 554. The van der Waals surface area contributed by atoms with Crippen LogP contribution in [-0.4, -0.2) is 33.0 Å². The number of carbonyl (C=O) groups is 1. The number of esters is 1. The molecule has 18 heavy (non-hydrogen) atoms. The summed E-state index contributed by atoms with van der Waals surface area (Å²) in [4.78, 5) is 11.8. The Hall–Kier alpha value is -2.37. The van der Waals surface area contributed by atoms with Crippen LogP contribution >= 0.6 is 0 Å². The lowest BCUT2D eigenvalue weighted by Gasteiger charge is -2.06. The van der Waals surface area contributed by atoms with Gasteiger partial charge in [-0.05, 0) is 19.9 Å². The summed E-state index contributed by atoms with van der Waals surface area (Å²) in [6.45, 7) is 3.77. The van der Waals surface area contributed by atoms with Gasteiger partial charge in [0.15, 0.2) is 5.82 Å². The monoisotopic (exact) mass is 244 g/mol. The third-order valence-corrected chi connectivity index (χ3v) is 2.24. The van der Waals surface area contributed by atoms with E-state index in [1.165, 1.54) is 0 Å². The lowest BCUT2D eigenvalue weighted by Crippen LogP contribution is -2.08. The van der Waals surface area contributed by atoms with Gasteiger partial charge in [0.2, 0.25) is 5.82 Å². The standard InChI is InChI=1S/C12H12N4O2/c1-3-18-12(17)10-7-5-4-6-9(10)11-15-13-8(2)14-16-11/h4-7H,3H2,1-2H3.